The van der Waals surface area contributed by atoms with E-state index in [9.17, 15) is 13.2 Å². The Bertz CT molecular complexity index is 669. The number of halogens is 3. The zero-order valence-corrected chi connectivity index (χ0v) is 17.0. The summed E-state index contributed by atoms with van der Waals surface area (Å²) < 4.78 is 45.1. The van der Waals surface area contributed by atoms with Crippen LogP contribution in [-0.4, -0.2) is 50.3 Å². The largest absolute Gasteiger partial charge is 0.416 e. The maximum atomic E-state index is 13.2. The summed E-state index contributed by atoms with van der Waals surface area (Å²) in [6.45, 7) is 2.46. The van der Waals surface area contributed by atoms with Gasteiger partial charge in [-0.3, -0.25) is 4.99 Å². The molecule has 1 aromatic rings. The first-order chi connectivity index (χ1) is 13.4. The minimum atomic E-state index is -4.34. The summed E-state index contributed by atoms with van der Waals surface area (Å²) in [5.74, 6) is 1.90. The quantitative estimate of drug-likeness (QED) is 0.567. The predicted molar refractivity (Wildman–Crippen MR) is 108 cm³/mol. The Balaban J connectivity index is 1.70. The standard InChI is InChI=1S/C20H28F3N3OS/c1-24-18(25-13-17-6-3-11-28-17)26-14-19(7-9-27-10-8-19)15-4-2-5-16(12-15)20(21,22)23/h2,4-5,12,17H,3,6-11,13-14H2,1H3,(H2,24,25,26). The molecule has 0 bridgehead atoms. The van der Waals surface area contributed by atoms with Gasteiger partial charge in [-0.2, -0.15) is 24.9 Å². The Labute approximate surface area is 168 Å². The number of rotatable bonds is 5. The molecule has 2 N–H and O–H groups in total. The first-order valence-electron chi connectivity index (χ1n) is 9.75. The van der Waals surface area contributed by atoms with Gasteiger partial charge < -0.3 is 15.4 Å². The first-order valence-corrected chi connectivity index (χ1v) is 10.8. The van der Waals surface area contributed by atoms with Crippen LogP contribution in [0.15, 0.2) is 29.3 Å². The van der Waals surface area contributed by atoms with Crippen molar-refractivity contribution in [1.29, 1.82) is 0 Å². The molecule has 2 heterocycles. The molecule has 0 aliphatic carbocycles. The number of ether oxygens (including phenoxy) is 1. The molecule has 3 rings (SSSR count). The molecule has 0 radical (unpaired) electrons. The van der Waals surface area contributed by atoms with Crippen LogP contribution in [-0.2, 0) is 16.3 Å². The zero-order chi connectivity index (χ0) is 20.0. The lowest BCUT2D eigenvalue weighted by atomic mass is 9.73. The van der Waals surface area contributed by atoms with Crippen molar-refractivity contribution in [3.63, 3.8) is 0 Å². The second kappa shape index (κ2) is 9.39. The third-order valence-corrected chi connectivity index (χ3v) is 6.99. The Morgan fingerprint density at radius 1 is 1.29 bits per heavy atom. The van der Waals surface area contributed by atoms with Crippen LogP contribution in [0.5, 0.6) is 0 Å². The monoisotopic (exact) mass is 415 g/mol. The average molecular weight is 416 g/mol. The summed E-state index contributed by atoms with van der Waals surface area (Å²) in [6.07, 6.45) is -0.526. The van der Waals surface area contributed by atoms with Crippen molar-refractivity contribution in [3.8, 4) is 0 Å². The number of nitrogens with one attached hydrogen (secondary N) is 2. The van der Waals surface area contributed by atoms with Crippen LogP contribution >= 0.6 is 11.8 Å². The van der Waals surface area contributed by atoms with Crippen LogP contribution in [0.1, 0.15) is 36.8 Å². The molecule has 1 unspecified atom stereocenters. The minimum Gasteiger partial charge on any atom is -0.381 e. The van der Waals surface area contributed by atoms with Gasteiger partial charge in [0, 0.05) is 44.0 Å². The van der Waals surface area contributed by atoms with Crippen LogP contribution in [0.2, 0.25) is 0 Å². The van der Waals surface area contributed by atoms with Gasteiger partial charge in [0.15, 0.2) is 5.96 Å². The fourth-order valence-corrected chi connectivity index (χ4v) is 5.05. The van der Waals surface area contributed by atoms with Crippen molar-refractivity contribution >= 4 is 17.7 Å². The number of nitrogens with zero attached hydrogens (tertiary/aromatic N) is 1. The van der Waals surface area contributed by atoms with E-state index in [4.69, 9.17) is 4.74 Å². The molecule has 1 aromatic carbocycles. The van der Waals surface area contributed by atoms with Gasteiger partial charge in [-0.15, -0.1) is 0 Å². The molecule has 0 saturated carbocycles. The van der Waals surface area contributed by atoms with E-state index >= 15 is 0 Å². The second-order valence-corrected chi connectivity index (χ2v) is 8.82. The molecule has 2 fully saturated rings. The van der Waals surface area contributed by atoms with Crippen molar-refractivity contribution in [3.05, 3.63) is 35.4 Å². The zero-order valence-electron chi connectivity index (χ0n) is 16.1. The van der Waals surface area contributed by atoms with E-state index in [-0.39, 0.29) is 0 Å². The highest BCUT2D eigenvalue weighted by atomic mass is 32.2. The predicted octanol–water partition coefficient (Wildman–Crippen LogP) is 3.81. The maximum Gasteiger partial charge on any atom is 0.416 e. The van der Waals surface area contributed by atoms with Crippen molar-refractivity contribution in [2.45, 2.75) is 42.5 Å². The Morgan fingerprint density at radius 2 is 2.07 bits per heavy atom. The molecule has 2 saturated heterocycles. The molecule has 8 heteroatoms. The van der Waals surface area contributed by atoms with Crippen LogP contribution in [0.3, 0.4) is 0 Å². The number of hydrogen-bond acceptors (Lipinski definition) is 3. The number of aliphatic imine (C=N–C) groups is 1. The lowest BCUT2D eigenvalue weighted by molar-refractivity contribution is -0.137. The van der Waals surface area contributed by atoms with Gasteiger partial charge in [0.25, 0.3) is 0 Å². The van der Waals surface area contributed by atoms with E-state index in [1.807, 2.05) is 11.8 Å². The van der Waals surface area contributed by atoms with E-state index < -0.39 is 17.2 Å². The van der Waals surface area contributed by atoms with E-state index in [0.717, 1.165) is 12.6 Å². The van der Waals surface area contributed by atoms with Crippen LogP contribution in [0.4, 0.5) is 13.2 Å². The summed E-state index contributed by atoms with van der Waals surface area (Å²) >= 11 is 1.97. The smallest absolute Gasteiger partial charge is 0.381 e. The molecule has 0 spiro atoms. The van der Waals surface area contributed by atoms with Crippen LogP contribution in [0, 0.1) is 0 Å². The maximum absolute atomic E-state index is 13.2. The molecule has 0 aromatic heterocycles. The summed E-state index contributed by atoms with van der Waals surface area (Å²) in [6, 6.07) is 5.72. The van der Waals surface area contributed by atoms with E-state index in [1.54, 1.807) is 13.1 Å². The van der Waals surface area contributed by atoms with Gasteiger partial charge in [-0.05, 0) is 43.1 Å². The average Bonchev–Trinajstić information content (AvgIpc) is 3.22. The summed E-state index contributed by atoms with van der Waals surface area (Å²) in [7, 11) is 1.72. The lowest BCUT2D eigenvalue weighted by Gasteiger charge is -2.38. The second-order valence-electron chi connectivity index (χ2n) is 7.41. The summed E-state index contributed by atoms with van der Waals surface area (Å²) in [4.78, 5) is 4.29. The molecule has 2 aliphatic heterocycles. The van der Waals surface area contributed by atoms with Gasteiger partial charge in [0.05, 0.1) is 5.56 Å². The molecular weight excluding hydrogens is 387 g/mol. The third-order valence-electron chi connectivity index (χ3n) is 5.59. The molecule has 2 aliphatic rings. The third kappa shape index (κ3) is 5.35. The van der Waals surface area contributed by atoms with E-state index in [2.05, 4.69) is 15.6 Å². The van der Waals surface area contributed by atoms with Gasteiger partial charge in [-0.1, -0.05) is 18.2 Å². The summed E-state index contributed by atoms with van der Waals surface area (Å²) in [5, 5.41) is 7.31. The molecular formula is C20H28F3N3OS. The molecule has 156 valence electrons. The highest BCUT2D eigenvalue weighted by Gasteiger charge is 2.37. The normalized spacial score (nSPS) is 22.9. The number of hydrogen-bond donors (Lipinski definition) is 2. The number of guanidine groups is 1. The van der Waals surface area contributed by atoms with Gasteiger partial charge in [0.2, 0.25) is 0 Å². The van der Waals surface area contributed by atoms with E-state index in [0.29, 0.717) is 49.4 Å². The van der Waals surface area contributed by atoms with E-state index in [1.165, 1.54) is 30.7 Å². The van der Waals surface area contributed by atoms with Crippen molar-refractivity contribution in [1.82, 2.24) is 10.6 Å². The van der Waals surface area contributed by atoms with Crippen molar-refractivity contribution in [2.24, 2.45) is 4.99 Å². The SMILES string of the molecule is CN=C(NCC1CCCS1)NCC1(c2cccc(C(F)(F)F)c2)CCOCC1. The fraction of sp³-hybridized carbons (Fsp3) is 0.650. The Kier molecular flexibility index (Phi) is 7.15. The highest BCUT2D eigenvalue weighted by Crippen LogP contribution is 2.37. The fourth-order valence-electron chi connectivity index (χ4n) is 3.84. The minimum absolute atomic E-state index is 0.404. The number of thioether (sulfide) groups is 1. The Morgan fingerprint density at radius 3 is 2.71 bits per heavy atom. The van der Waals surface area contributed by atoms with Gasteiger partial charge >= 0.3 is 6.18 Å². The molecule has 0 amide bonds. The topological polar surface area (TPSA) is 45.7 Å². The first kappa shape index (κ1) is 21.3. The molecule has 28 heavy (non-hydrogen) atoms. The van der Waals surface area contributed by atoms with Gasteiger partial charge in [-0.25, -0.2) is 0 Å². The Hall–Kier alpha value is -1.41. The lowest BCUT2D eigenvalue weighted by Crippen LogP contribution is -2.49. The number of alkyl halides is 3. The molecule has 1 atom stereocenters. The van der Waals surface area contributed by atoms with Gasteiger partial charge in [0.1, 0.15) is 0 Å². The van der Waals surface area contributed by atoms with Crippen molar-refractivity contribution < 1.29 is 17.9 Å². The highest BCUT2D eigenvalue weighted by molar-refractivity contribution is 8.00. The van der Waals surface area contributed by atoms with Crippen molar-refractivity contribution in [2.75, 3.05) is 39.1 Å². The number of benzene rings is 1. The molecule has 4 nitrogen and oxygen atoms in total. The van der Waals surface area contributed by atoms with Crippen LogP contribution < -0.4 is 10.6 Å². The van der Waals surface area contributed by atoms with Crippen LogP contribution in [0.25, 0.3) is 0 Å². The summed E-state index contributed by atoms with van der Waals surface area (Å²) in [5.41, 5.74) is -0.296.